The normalized spacial score (nSPS) is 19.2. The van der Waals surface area contributed by atoms with E-state index in [0.29, 0.717) is 25.5 Å². The van der Waals surface area contributed by atoms with E-state index < -0.39 is 10.2 Å². The van der Waals surface area contributed by atoms with E-state index in [-0.39, 0.29) is 11.6 Å². The zero-order valence-corrected chi connectivity index (χ0v) is 16.2. The molecular formula is C17H25N5O3S. The molecule has 2 heterocycles. The quantitative estimate of drug-likeness (QED) is 0.775. The highest BCUT2D eigenvalue weighted by molar-refractivity contribution is 7.86. The van der Waals surface area contributed by atoms with Crippen LogP contribution in [0.4, 0.5) is 0 Å². The topological polar surface area (TPSA) is 80.4 Å². The van der Waals surface area contributed by atoms with Crippen molar-refractivity contribution in [3.63, 3.8) is 0 Å². The molecule has 0 bridgehead atoms. The molecule has 0 amide bonds. The van der Waals surface area contributed by atoms with Crippen LogP contribution in [0.25, 0.3) is 5.69 Å². The average Bonchev–Trinajstić information content (AvgIpc) is 2.96. The van der Waals surface area contributed by atoms with Crippen molar-refractivity contribution in [2.75, 3.05) is 26.7 Å². The lowest BCUT2D eigenvalue weighted by atomic mass is 9.98. The third kappa shape index (κ3) is 3.34. The van der Waals surface area contributed by atoms with E-state index in [1.807, 2.05) is 37.3 Å². The van der Waals surface area contributed by atoms with Crippen LogP contribution in [-0.4, -0.2) is 58.1 Å². The summed E-state index contributed by atoms with van der Waals surface area (Å²) in [6, 6.07) is 9.34. The second-order valence-electron chi connectivity index (χ2n) is 6.55. The SMILES string of the molecule is CCN(C)S(=O)(=O)N1CCCC(c2nn(C)c(=O)n2-c2ccccc2)C1. The summed E-state index contributed by atoms with van der Waals surface area (Å²) in [6.07, 6.45) is 1.53. The molecule has 1 aliphatic rings. The predicted octanol–water partition coefficient (Wildman–Crippen LogP) is 0.947. The Labute approximate surface area is 153 Å². The lowest BCUT2D eigenvalue weighted by molar-refractivity contribution is 0.287. The van der Waals surface area contributed by atoms with Gasteiger partial charge in [0.05, 0.1) is 5.69 Å². The van der Waals surface area contributed by atoms with Crippen molar-refractivity contribution in [1.29, 1.82) is 0 Å². The van der Waals surface area contributed by atoms with E-state index >= 15 is 0 Å². The fourth-order valence-electron chi connectivity index (χ4n) is 3.29. The van der Waals surface area contributed by atoms with Crippen molar-refractivity contribution < 1.29 is 8.42 Å². The first-order chi connectivity index (χ1) is 12.4. The van der Waals surface area contributed by atoms with Crippen LogP contribution < -0.4 is 5.69 Å². The molecule has 1 aliphatic heterocycles. The molecule has 0 radical (unpaired) electrons. The minimum atomic E-state index is -3.49. The maximum Gasteiger partial charge on any atom is 0.350 e. The average molecular weight is 379 g/mol. The van der Waals surface area contributed by atoms with Crippen molar-refractivity contribution in [3.05, 3.63) is 46.6 Å². The summed E-state index contributed by atoms with van der Waals surface area (Å²) in [5.74, 6) is 0.487. The summed E-state index contributed by atoms with van der Waals surface area (Å²) in [5, 5.41) is 4.42. The number of nitrogens with zero attached hydrogens (tertiary/aromatic N) is 5. The first kappa shape index (κ1) is 18.8. The molecule has 142 valence electrons. The zero-order valence-electron chi connectivity index (χ0n) is 15.4. The Kier molecular flexibility index (Phi) is 5.31. The Morgan fingerprint density at radius 2 is 1.96 bits per heavy atom. The van der Waals surface area contributed by atoms with E-state index in [0.717, 1.165) is 18.5 Å². The van der Waals surface area contributed by atoms with Crippen molar-refractivity contribution >= 4 is 10.2 Å². The van der Waals surface area contributed by atoms with Gasteiger partial charge < -0.3 is 0 Å². The molecule has 9 heteroatoms. The summed E-state index contributed by atoms with van der Waals surface area (Å²) < 4.78 is 31.1. The summed E-state index contributed by atoms with van der Waals surface area (Å²) in [7, 11) is -0.288. The van der Waals surface area contributed by atoms with Gasteiger partial charge in [0.1, 0.15) is 5.82 Å². The minimum absolute atomic E-state index is 0.127. The Morgan fingerprint density at radius 1 is 1.27 bits per heavy atom. The molecule has 0 spiro atoms. The molecule has 0 aliphatic carbocycles. The Hall–Kier alpha value is -1.97. The van der Waals surface area contributed by atoms with Crippen molar-refractivity contribution in [2.45, 2.75) is 25.7 Å². The molecular weight excluding hydrogens is 354 g/mol. The van der Waals surface area contributed by atoms with E-state index in [9.17, 15) is 13.2 Å². The van der Waals surface area contributed by atoms with Crippen LogP contribution in [-0.2, 0) is 17.3 Å². The van der Waals surface area contributed by atoms with Gasteiger partial charge in [0, 0.05) is 39.6 Å². The lowest BCUT2D eigenvalue weighted by Crippen LogP contribution is -2.46. The number of hydrogen-bond donors (Lipinski definition) is 0. The smallest absolute Gasteiger partial charge is 0.247 e. The second-order valence-corrected chi connectivity index (χ2v) is 8.59. The molecule has 26 heavy (non-hydrogen) atoms. The van der Waals surface area contributed by atoms with Gasteiger partial charge in [-0.3, -0.25) is 0 Å². The summed E-state index contributed by atoms with van der Waals surface area (Å²) in [6.45, 7) is 3.05. The molecule has 1 atom stereocenters. The third-order valence-corrected chi connectivity index (χ3v) is 6.91. The highest BCUT2D eigenvalue weighted by Crippen LogP contribution is 2.28. The Morgan fingerprint density at radius 3 is 2.62 bits per heavy atom. The van der Waals surface area contributed by atoms with Gasteiger partial charge in [0.2, 0.25) is 0 Å². The van der Waals surface area contributed by atoms with E-state index in [1.54, 1.807) is 18.7 Å². The maximum atomic E-state index is 12.7. The van der Waals surface area contributed by atoms with Crippen LogP contribution in [0.5, 0.6) is 0 Å². The standard InChI is InChI=1S/C17H25N5O3S/c1-4-19(2)26(24,25)21-12-8-9-14(13-21)16-18-20(3)17(23)22(16)15-10-6-5-7-11-15/h5-7,10-11,14H,4,8-9,12-13H2,1-3H3. The number of aromatic nitrogens is 3. The Balaban J connectivity index is 1.98. The van der Waals surface area contributed by atoms with Crippen LogP contribution >= 0.6 is 0 Å². The number of piperidine rings is 1. The van der Waals surface area contributed by atoms with Gasteiger partial charge in [-0.25, -0.2) is 14.0 Å². The van der Waals surface area contributed by atoms with Gasteiger partial charge in [0.15, 0.2) is 0 Å². The van der Waals surface area contributed by atoms with Gasteiger partial charge >= 0.3 is 5.69 Å². The van der Waals surface area contributed by atoms with E-state index in [4.69, 9.17) is 0 Å². The van der Waals surface area contributed by atoms with Gasteiger partial charge in [-0.2, -0.15) is 22.1 Å². The predicted molar refractivity (Wildman–Crippen MR) is 99.6 cm³/mol. The van der Waals surface area contributed by atoms with E-state index in [2.05, 4.69) is 5.10 Å². The number of hydrogen-bond acceptors (Lipinski definition) is 4. The molecule has 1 aromatic heterocycles. The number of rotatable bonds is 5. The summed E-state index contributed by atoms with van der Waals surface area (Å²) >= 11 is 0. The van der Waals surface area contributed by atoms with Crippen LogP contribution in [0.3, 0.4) is 0 Å². The van der Waals surface area contributed by atoms with Gasteiger partial charge in [0.25, 0.3) is 10.2 Å². The molecule has 0 N–H and O–H groups in total. The minimum Gasteiger partial charge on any atom is -0.247 e. The van der Waals surface area contributed by atoms with E-state index in [1.165, 1.54) is 13.3 Å². The fourth-order valence-corrected chi connectivity index (χ4v) is 4.74. The van der Waals surface area contributed by atoms with Crippen LogP contribution in [0.2, 0.25) is 0 Å². The first-order valence-electron chi connectivity index (χ1n) is 8.79. The molecule has 3 rings (SSSR count). The van der Waals surface area contributed by atoms with Gasteiger partial charge in [-0.05, 0) is 25.0 Å². The van der Waals surface area contributed by atoms with Crippen molar-refractivity contribution in [2.24, 2.45) is 7.05 Å². The Bertz CT molecular complexity index is 920. The third-order valence-electron chi connectivity index (χ3n) is 4.88. The largest absolute Gasteiger partial charge is 0.350 e. The highest BCUT2D eigenvalue weighted by Gasteiger charge is 2.34. The maximum absolute atomic E-state index is 12.7. The summed E-state index contributed by atoms with van der Waals surface area (Å²) in [4.78, 5) is 12.6. The molecule has 1 unspecified atom stereocenters. The molecule has 1 aromatic carbocycles. The monoisotopic (exact) mass is 379 g/mol. The summed E-state index contributed by atoms with van der Waals surface area (Å²) in [5.41, 5.74) is 0.517. The number of para-hydroxylation sites is 1. The van der Waals surface area contributed by atoms with Gasteiger partial charge in [-0.1, -0.05) is 25.1 Å². The molecule has 0 saturated carbocycles. The first-order valence-corrected chi connectivity index (χ1v) is 10.2. The number of benzene rings is 1. The molecule has 8 nitrogen and oxygen atoms in total. The fraction of sp³-hybridized carbons (Fsp3) is 0.529. The van der Waals surface area contributed by atoms with Gasteiger partial charge in [-0.15, -0.1) is 0 Å². The van der Waals surface area contributed by atoms with Crippen molar-refractivity contribution in [1.82, 2.24) is 23.0 Å². The van der Waals surface area contributed by atoms with Crippen LogP contribution in [0.15, 0.2) is 35.1 Å². The van der Waals surface area contributed by atoms with Crippen LogP contribution in [0.1, 0.15) is 31.5 Å². The molecule has 1 fully saturated rings. The van der Waals surface area contributed by atoms with Crippen LogP contribution in [0, 0.1) is 0 Å². The highest BCUT2D eigenvalue weighted by atomic mass is 32.2. The molecule has 1 saturated heterocycles. The van der Waals surface area contributed by atoms with Crippen molar-refractivity contribution in [3.8, 4) is 5.69 Å². The number of aryl methyl sites for hydroxylation is 1. The lowest BCUT2D eigenvalue weighted by Gasteiger charge is -2.33. The zero-order chi connectivity index (χ0) is 18.9. The second kappa shape index (κ2) is 7.34. The molecule has 2 aromatic rings.